The largest absolute Gasteiger partial charge is 0.506 e. The molecule has 1 amide bonds. The smallest absolute Gasteiger partial charge is 0.415 e. The maximum atomic E-state index is 11.9. The van der Waals surface area contributed by atoms with Gasteiger partial charge in [0, 0.05) is 6.54 Å². The van der Waals surface area contributed by atoms with Gasteiger partial charge in [-0.15, -0.1) is 0 Å². The fourth-order valence-electron chi connectivity index (χ4n) is 2.57. The summed E-state index contributed by atoms with van der Waals surface area (Å²) in [7, 11) is 0. The monoisotopic (exact) mass is 234 g/mol. The standard InChI is InChI=1S/C12H14N2O3/c15-10-4-2-1-3-9(10)14-11(16)17-8-12(14)5-6-13-7-12/h1-4,13,15H,5-8H2. The molecule has 1 atom stereocenters. The van der Waals surface area contributed by atoms with Gasteiger partial charge in [-0.3, -0.25) is 4.90 Å². The molecular formula is C12H14N2O3. The minimum atomic E-state index is -0.379. The summed E-state index contributed by atoms with van der Waals surface area (Å²) in [6.45, 7) is 1.95. The van der Waals surface area contributed by atoms with Crippen molar-refractivity contribution in [2.45, 2.75) is 12.0 Å². The van der Waals surface area contributed by atoms with Crippen LogP contribution in [0.1, 0.15) is 6.42 Å². The van der Waals surface area contributed by atoms with Crippen LogP contribution in [0.3, 0.4) is 0 Å². The van der Waals surface area contributed by atoms with E-state index in [1.54, 1.807) is 29.2 Å². The average Bonchev–Trinajstić information content (AvgIpc) is 2.90. The second-order valence-electron chi connectivity index (χ2n) is 4.53. The summed E-state index contributed by atoms with van der Waals surface area (Å²) in [5, 5.41) is 13.1. The van der Waals surface area contributed by atoms with Gasteiger partial charge >= 0.3 is 6.09 Å². The third-order valence-electron chi connectivity index (χ3n) is 3.47. The summed E-state index contributed by atoms with van der Waals surface area (Å²) in [6, 6.07) is 6.86. The normalized spacial score (nSPS) is 27.8. The number of hydrogen-bond acceptors (Lipinski definition) is 4. The Morgan fingerprint density at radius 2 is 2.24 bits per heavy atom. The lowest BCUT2D eigenvalue weighted by Crippen LogP contribution is -2.49. The number of para-hydroxylation sites is 2. The second-order valence-corrected chi connectivity index (χ2v) is 4.53. The fraction of sp³-hybridized carbons (Fsp3) is 0.417. The highest BCUT2D eigenvalue weighted by Gasteiger charge is 2.50. The molecule has 1 aromatic rings. The highest BCUT2D eigenvalue weighted by molar-refractivity contribution is 5.93. The predicted molar refractivity (Wildman–Crippen MR) is 62.2 cm³/mol. The summed E-state index contributed by atoms with van der Waals surface area (Å²) >= 11 is 0. The Kier molecular flexibility index (Phi) is 2.22. The number of aromatic hydroxyl groups is 1. The number of rotatable bonds is 1. The molecule has 0 aromatic heterocycles. The van der Waals surface area contributed by atoms with Crippen molar-refractivity contribution in [1.82, 2.24) is 5.32 Å². The van der Waals surface area contributed by atoms with Crippen molar-refractivity contribution in [1.29, 1.82) is 0 Å². The Morgan fingerprint density at radius 1 is 1.41 bits per heavy atom. The molecule has 3 rings (SSSR count). The molecule has 2 N–H and O–H groups in total. The van der Waals surface area contributed by atoms with Crippen LogP contribution in [0.5, 0.6) is 5.75 Å². The van der Waals surface area contributed by atoms with Crippen molar-refractivity contribution >= 4 is 11.8 Å². The molecule has 1 aromatic carbocycles. The van der Waals surface area contributed by atoms with Crippen molar-refractivity contribution in [3.05, 3.63) is 24.3 Å². The molecule has 2 aliphatic heterocycles. The van der Waals surface area contributed by atoms with Crippen LogP contribution < -0.4 is 10.2 Å². The van der Waals surface area contributed by atoms with Crippen LogP contribution in [-0.4, -0.2) is 36.4 Å². The van der Waals surface area contributed by atoms with E-state index in [2.05, 4.69) is 5.32 Å². The molecule has 0 bridgehead atoms. The third kappa shape index (κ3) is 1.46. The number of hydrogen-bond donors (Lipinski definition) is 2. The van der Waals surface area contributed by atoms with Gasteiger partial charge in [-0.25, -0.2) is 4.79 Å². The first-order valence-electron chi connectivity index (χ1n) is 5.69. The van der Waals surface area contributed by atoms with Crippen molar-refractivity contribution in [3.8, 4) is 5.75 Å². The van der Waals surface area contributed by atoms with E-state index in [1.807, 2.05) is 0 Å². The van der Waals surface area contributed by atoms with E-state index in [1.165, 1.54) is 0 Å². The number of benzene rings is 1. The number of carbonyl (C=O) groups is 1. The van der Waals surface area contributed by atoms with Gasteiger partial charge in [0.25, 0.3) is 0 Å². The maximum Gasteiger partial charge on any atom is 0.415 e. The SMILES string of the molecule is O=C1OCC2(CCNC2)N1c1ccccc1O. The highest BCUT2D eigenvalue weighted by atomic mass is 16.6. The topological polar surface area (TPSA) is 61.8 Å². The minimum Gasteiger partial charge on any atom is -0.506 e. The van der Waals surface area contributed by atoms with Crippen molar-refractivity contribution in [3.63, 3.8) is 0 Å². The average molecular weight is 234 g/mol. The van der Waals surface area contributed by atoms with Crippen LogP contribution in [0.15, 0.2) is 24.3 Å². The van der Waals surface area contributed by atoms with Gasteiger partial charge in [-0.2, -0.15) is 0 Å². The predicted octanol–water partition coefficient (Wildman–Crippen LogP) is 1.08. The first-order chi connectivity index (χ1) is 8.23. The Bertz CT molecular complexity index is 455. The van der Waals surface area contributed by atoms with Gasteiger partial charge < -0.3 is 15.2 Å². The van der Waals surface area contributed by atoms with Crippen LogP contribution in [0, 0.1) is 0 Å². The third-order valence-corrected chi connectivity index (χ3v) is 3.47. The molecule has 0 saturated carbocycles. The molecule has 2 heterocycles. The number of anilines is 1. The zero-order valence-electron chi connectivity index (χ0n) is 9.35. The Labute approximate surface area is 99.0 Å². The number of carbonyl (C=O) groups excluding carboxylic acids is 1. The van der Waals surface area contributed by atoms with Crippen LogP contribution in [0.4, 0.5) is 10.5 Å². The number of ether oxygens (including phenoxy) is 1. The summed E-state index contributed by atoms with van der Waals surface area (Å²) < 4.78 is 5.15. The van der Waals surface area contributed by atoms with Gasteiger partial charge in [0.05, 0.1) is 11.2 Å². The lowest BCUT2D eigenvalue weighted by molar-refractivity contribution is 0.174. The van der Waals surface area contributed by atoms with Gasteiger partial charge in [-0.1, -0.05) is 12.1 Å². The molecule has 17 heavy (non-hydrogen) atoms. The Balaban J connectivity index is 2.05. The number of amides is 1. The first kappa shape index (κ1) is 10.4. The summed E-state index contributed by atoms with van der Waals surface area (Å²) in [4.78, 5) is 13.4. The van der Waals surface area contributed by atoms with Crippen LogP contribution in [-0.2, 0) is 4.74 Å². The van der Waals surface area contributed by atoms with Crippen molar-refractivity contribution in [2.75, 3.05) is 24.6 Å². The summed E-state index contributed by atoms with van der Waals surface area (Å²) in [6.07, 6.45) is 0.461. The van der Waals surface area contributed by atoms with Crippen LogP contribution in [0.25, 0.3) is 0 Å². The zero-order valence-corrected chi connectivity index (χ0v) is 9.35. The lowest BCUT2D eigenvalue weighted by Gasteiger charge is -2.30. The zero-order chi connectivity index (χ0) is 11.9. The van der Waals surface area contributed by atoms with E-state index in [9.17, 15) is 9.90 Å². The summed E-state index contributed by atoms with van der Waals surface area (Å²) in [5.74, 6) is 0.109. The van der Waals surface area contributed by atoms with Gasteiger partial charge in [0.2, 0.25) is 0 Å². The number of phenols is 1. The van der Waals surface area contributed by atoms with E-state index >= 15 is 0 Å². The van der Waals surface area contributed by atoms with Crippen LogP contribution >= 0.6 is 0 Å². The fourth-order valence-corrected chi connectivity index (χ4v) is 2.57. The minimum absolute atomic E-state index is 0.109. The van der Waals surface area contributed by atoms with Crippen LogP contribution in [0.2, 0.25) is 0 Å². The summed E-state index contributed by atoms with van der Waals surface area (Å²) in [5.41, 5.74) is 0.189. The molecule has 5 nitrogen and oxygen atoms in total. The van der Waals surface area contributed by atoms with E-state index in [-0.39, 0.29) is 17.4 Å². The number of nitrogens with zero attached hydrogens (tertiary/aromatic N) is 1. The lowest BCUT2D eigenvalue weighted by atomic mass is 9.98. The van der Waals surface area contributed by atoms with Crippen molar-refractivity contribution in [2.24, 2.45) is 0 Å². The molecule has 2 saturated heterocycles. The number of cyclic esters (lactones) is 1. The van der Waals surface area contributed by atoms with E-state index in [4.69, 9.17) is 4.74 Å². The highest BCUT2D eigenvalue weighted by Crippen LogP contribution is 2.39. The molecule has 0 aliphatic carbocycles. The first-order valence-corrected chi connectivity index (χ1v) is 5.69. The molecule has 2 fully saturated rings. The maximum absolute atomic E-state index is 11.9. The molecule has 5 heteroatoms. The molecule has 0 radical (unpaired) electrons. The Morgan fingerprint density at radius 3 is 2.94 bits per heavy atom. The van der Waals surface area contributed by atoms with E-state index < -0.39 is 0 Å². The molecule has 2 aliphatic rings. The molecule has 90 valence electrons. The second kappa shape index (κ2) is 3.63. The van der Waals surface area contributed by atoms with E-state index in [0.29, 0.717) is 18.8 Å². The molecular weight excluding hydrogens is 220 g/mol. The number of phenolic OH excluding ortho intramolecular Hbond substituents is 1. The molecule has 1 unspecified atom stereocenters. The molecule has 1 spiro atoms. The quantitative estimate of drug-likeness (QED) is 0.763. The Hall–Kier alpha value is -1.75. The van der Waals surface area contributed by atoms with Crippen molar-refractivity contribution < 1.29 is 14.6 Å². The van der Waals surface area contributed by atoms with E-state index in [0.717, 1.165) is 13.0 Å². The van der Waals surface area contributed by atoms with Gasteiger partial charge in [-0.05, 0) is 25.1 Å². The van der Waals surface area contributed by atoms with Gasteiger partial charge in [0.1, 0.15) is 12.4 Å². The number of nitrogens with one attached hydrogen (secondary N) is 1. The van der Waals surface area contributed by atoms with Gasteiger partial charge in [0.15, 0.2) is 0 Å².